The Morgan fingerprint density at radius 2 is 1.64 bits per heavy atom. The van der Waals surface area contributed by atoms with Crippen molar-refractivity contribution in [3.05, 3.63) is 46.0 Å². The van der Waals surface area contributed by atoms with Crippen LogP contribution in [-0.2, 0) is 16.0 Å². The van der Waals surface area contributed by atoms with Gasteiger partial charge in [-0.3, -0.25) is 9.59 Å². The predicted octanol–water partition coefficient (Wildman–Crippen LogP) is 4.08. The first-order valence-corrected chi connectivity index (χ1v) is 8.95. The Hall–Kier alpha value is -1.22. The number of benzene rings is 1. The second kappa shape index (κ2) is 5.16. The normalized spacial score (nSPS) is 36.0. The van der Waals surface area contributed by atoms with Gasteiger partial charge in [-0.2, -0.15) is 0 Å². The highest BCUT2D eigenvalue weighted by atomic mass is 79.9. The highest BCUT2D eigenvalue weighted by molar-refractivity contribution is 9.10. The fourth-order valence-corrected chi connectivity index (χ4v) is 5.14. The van der Waals surface area contributed by atoms with E-state index in [1.807, 2.05) is 18.2 Å². The van der Waals surface area contributed by atoms with Crippen molar-refractivity contribution in [1.29, 1.82) is 0 Å². The largest absolute Gasteiger partial charge is 0.298 e. The molecule has 22 heavy (non-hydrogen) atoms. The zero-order valence-electron chi connectivity index (χ0n) is 12.6. The van der Waals surface area contributed by atoms with Crippen LogP contribution in [-0.4, -0.2) is 11.6 Å². The Balaban J connectivity index is 1.80. The fourth-order valence-electron chi connectivity index (χ4n) is 4.76. The number of hydrogen-bond acceptors (Lipinski definition) is 2. The van der Waals surface area contributed by atoms with Crippen molar-refractivity contribution in [2.45, 2.75) is 32.1 Å². The van der Waals surface area contributed by atoms with Gasteiger partial charge in [0.25, 0.3) is 0 Å². The number of ketones is 2. The van der Waals surface area contributed by atoms with Gasteiger partial charge in [-0.05, 0) is 54.4 Å². The highest BCUT2D eigenvalue weighted by Crippen LogP contribution is 2.53. The van der Waals surface area contributed by atoms with Crippen molar-refractivity contribution >= 4 is 27.5 Å². The molecule has 0 heterocycles. The molecule has 4 atom stereocenters. The first-order valence-electron chi connectivity index (χ1n) is 8.16. The Morgan fingerprint density at radius 1 is 1.05 bits per heavy atom. The van der Waals surface area contributed by atoms with Crippen LogP contribution in [0.1, 0.15) is 36.8 Å². The van der Waals surface area contributed by atoms with E-state index >= 15 is 0 Å². The summed E-state index contributed by atoms with van der Waals surface area (Å²) in [6, 6.07) is 6.01. The van der Waals surface area contributed by atoms with Gasteiger partial charge >= 0.3 is 0 Å². The third-order valence-electron chi connectivity index (χ3n) is 5.77. The van der Waals surface area contributed by atoms with Crippen LogP contribution in [0.4, 0.5) is 0 Å². The number of halogens is 1. The minimum atomic E-state index is -0.537. The second-order valence-corrected chi connectivity index (χ2v) is 7.69. The summed E-state index contributed by atoms with van der Waals surface area (Å²) in [5, 5.41) is 0. The maximum Gasteiger partial charge on any atom is 0.152 e. The van der Waals surface area contributed by atoms with Gasteiger partial charge in [0.1, 0.15) is 5.92 Å². The van der Waals surface area contributed by atoms with Crippen molar-refractivity contribution < 1.29 is 9.59 Å². The van der Waals surface area contributed by atoms with Gasteiger partial charge in [-0.25, -0.2) is 0 Å². The van der Waals surface area contributed by atoms with Gasteiger partial charge in [0, 0.05) is 16.3 Å². The number of allylic oxidation sites excluding steroid dienone is 2. The topological polar surface area (TPSA) is 34.1 Å². The molecule has 0 aliphatic heterocycles. The monoisotopic (exact) mass is 358 g/mol. The van der Waals surface area contributed by atoms with Gasteiger partial charge < -0.3 is 0 Å². The van der Waals surface area contributed by atoms with Crippen LogP contribution in [0.25, 0.3) is 0 Å². The van der Waals surface area contributed by atoms with Crippen molar-refractivity contribution in [1.82, 2.24) is 0 Å². The van der Waals surface area contributed by atoms with Gasteiger partial charge in [-0.1, -0.05) is 41.1 Å². The molecule has 2 saturated carbocycles. The molecule has 3 heteroatoms. The molecular weight excluding hydrogens is 340 g/mol. The molecule has 0 radical (unpaired) electrons. The number of aryl methyl sites for hydroxylation is 1. The predicted molar refractivity (Wildman–Crippen MR) is 88.6 cm³/mol. The number of rotatable bonds is 2. The van der Waals surface area contributed by atoms with E-state index in [2.05, 4.69) is 35.0 Å². The quantitative estimate of drug-likeness (QED) is 0.589. The fraction of sp³-hybridized carbons (Fsp3) is 0.474. The van der Waals surface area contributed by atoms with E-state index in [-0.39, 0.29) is 35.2 Å². The molecule has 0 aromatic heterocycles. The molecule has 2 bridgehead atoms. The van der Waals surface area contributed by atoms with Crippen LogP contribution in [0.3, 0.4) is 0 Å². The van der Waals surface area contributed by atoms with Crippen LogP contribution in [0.2, 0.25) is 0 Å². The van der Waals surface area contributed by atoms with Crippen LogP contribution in [0.15, 0.2) is 34.8 Å². The van der Waals surface area contributed by atoms with E-state index in [4.69, 9.17) is 0 Å². The Bertz CT molecular complexity index is 659. The number of carbonyl (C=O) groups excluding carboxylic acids is 2. The summed E-state index contributed by atoms with van der Waals surface area (Å²) >= 11 is 3.49. The molecule has 4 unspecified atom stereocenters. The van der Waals surface area contributed by atoms with Gasteiger partial charge in [0.05, 0.1) is 0 Å². The van der Waals surface area contributed by atoms with Crippen LogP contribution >= 0.6 is 15.9 Å². The minimum Gasteiger partial charge on any atom is -0.298 e. The first-order chi connectivity index (χ1) is 10.6. The average Bonchev–Trinajstić information content (AvgIpc) is 2.82. The molecule has 0 amide bonds. The lowest BCUT2D eigenvalue weighted by molar-refractivity contribution is -0.125. The molecule has 0 N–H and O–H groups in total. The van der Waals surface area contributed by atoms with Gasteiger partial charge in [0.15, 0.2) is 11.6 Å². The van der Waals surface area contributed by atoms with Crippen LogP contribution in [0, 0.1) is 23.7 Å². The lowest BCUT2D eigenvalue weighted by atomic mass is 9.63. The smallest absolute Gasteiger partial charge is 0.152 e. The zero-order valence-corrected chi connectivity index (χ0v) is 14.2. The third kappa shape index (κ3) is 1.91. The lowest BCUT2D eigenvalue weighted by Crippen LogP contribution is -2.38. The Morgan fingerprint density at radius 3 is 2.14 bits per heavy atom. The SMILES string of the molecule is CCc1ccc(Br)cc1C1C(=O)C2C3C=CC(CC3)C2C1=O. The van der Waals surface area contributed by atoms with Crippen LogP contribution in [0.5, 0.6) is 0 Å². The molecule has 0 spiro atoms. The summed E-state index contributed by atoms with van der Waals surface area (Å²) in [5.74, 6) is 0.242. The number of fused-ring (bicyclic) bond motifs is 1. The lowest BCUT2D eigenvalue weighted by Gasteiger charge is -2.39. The van der Waals surface area contributed by atoms with Gasteiger partial charge in [0.2, 0.25) is 0 Å². The number of carbonyl (C=O) groups is 2. The van der Waals surface area contributed by atoms with E-state index in [1.54, 1.807) is 0 Å². The van der Waals surface area contributed by atoms with Crippen molar-refractivity contribution in [3.63, 3.8) is 0 Å². The van der Waals surface area contributed by atoms with E-state index in [1.165, 1.54) is 0 Å². The van der Waals surface area contributed by atoms with E-state index in [0.29, 0.717) is 0 Å². The maximum atomic E-state index is 13.0. The maximum absolute atomic E-state index is 13.0. The number of hydrogen-bond donors (Lipinski definition) is 0. The minimum absolute atomic E-state index is 0.0649. The summed E-state index contributed by atoms with van der Waals surface area (Å²) in [6.07, 6.45) is 7.34. The molecule has 1 aromatic carbocycles. The first kappa shape index (κ1) is 14.4. The summed E-state index contributed by atoms with van der Waals surface area (Å²) in [5.41, 5.74) is 2.05. The molecular formula is C19H19BrO2. The van der Waals surface area contributed by atoms with Crippen LogP contribution < -0.4 is 0 Å². The molecule has 4 aliphatic rings. The van der Waals surface area contributed by atoms with E-state index < -0.39 is 5.92 Å². The van der Waals surface area contributed by atoms with Crippen molar-refractivity contribution in [2.75, 3.05) is 0 Å². The standard InChI is InChI=1S/C19H19BrO2/c1-2-10-7-8-13(20)9-14(10)17-18(21)15-11-3-4-12(6-5-11)16(15)19(17)22/h3-4,7-9,11-12,15-17H,2,5-6H2,1H3. The Kier molecular flexibility index (Phi) is 3.37. The number of Topliss-reactive ketones (excluding diaryl/α,β-unsaturated/α-hetero) is 2. The molecule has 114 valence electrons. The third-order valence-corrected chi connectivity index (χ3v) is 6.27. The van der Waals surface area contributed by atoms with E-state index in [0.717, 1.165) is 34.9 Å². The molecule has 1 aromatic rings. The van der Waals surface area contributed by atoms with Crippen molar-refractivity contribution in [2.24, 2.45) is 23.7 Å². The molecule has 2 nitrogen and oxygen atoms in total. The summed E-state index contributed by atoms with van der Waals surface area (Å²) < 4.78 is 0.941. The van der Waals surface area contributed by atoms with E-state index in [9.17, 15) is 9.59 Å². The zero-order chi connectivity index (χ0) is 15.4. The Labute approximate surface area is 139 Å². The molecule has 2 fully saturated rings. The summed E-state index contributed by atoms with van der Waals surface area (Å²) in [6.45, 7) is 2.08. The summed E-state index contributed by atoms with van der Waals surface area (Å²) in [7, 11) is 0. The second-order valence-electron chi connectivity index (χ2n) is 6.78. The average molecular weight is 359 g/mol. The molecule has 5 rings (SSSR count). The summed E-state index contributed by atoms with van der Waals surface area (Å²) in [4.78, 5) is 26.1. The van der Waals surface area contributed by atoms with Gasteiger partial charge in [-0.15, -0.1) is 0 Å². The van der Waals surface area contributed by atoms with Crippen molar-refractivity contribution in [3.8, 4) is 0 Å². The molecule has 0 saturated heterocycles. The highest BCUT2D eigenvalue weighted by Gasteiger charge is 2.57. The molecule has 4 aliphatic carbocycles.